The fourth-order valence-electron chi connectivity index (χ4n) is 4.81. The summed E-state index contributed by atoms with van der Waals surface area (Å²) in [5.41, 5.74) is 7.74. The Labute approximate surface area is 165 Å². The molecule has 0 bridgehead atoms. The molecule has 6 nitrogen and oxygen atoms in total. The van der Waals surface area contributed by atoms with Crippen molar-refractivity contribution in [1.29, 1.82) is 0 Å². The Morgan fingerprint density at radius 3 is 2.59 bits per heavy atom. The lowest BCUT2D eigenvalue weighted by atomic mass is 9.78. The molecule has 2 saturated heterocycles. The van der Waals surface area contributed by atoms with E-state index in [1.54, 1.807) is 11.0 Å². The van der Waals surface area contributed by atoms with Crippen LogP contribution in [0.3, 0.4) is 0 Å². The Balaban J connectivity index is 1.38. The van der Waals surface area contributed by atoms with Gasteiger partial charge in [-0.25, -0.2) is 0 Å². The van der Waals surface area contributed by atoms with Crippen molar-refractivity contribution in [2.75, 3.05) is 36.4 Å². The van der Waals surface area contributed by atoms with Gasteiger partial charge >= 0.3 is 11.8 Å². The lowest BCUT2D eigenvalue weighted by Gasteiger charge is -2.29. The maximum absolute atomic E-state index is 12.6. The van der Waals surface area contributed by atoms with E-state index in [0.717, 1.165) is 38.0 Å². The van der Waals surface area contributed by atoms with Crippen LogP contribution in [0.15, 0.2) is 18.2 Å². The second kappa shape index (κ2) is 7.68. The van der Waals surface area contributed by atoms with Crippen molar-refractivity contribution >= 4 is 34.8 Å². The molecule has 0 aromatic heterocycles. The van der Waals surface area contributed by atoms with Crippen LogP contribution in [0, 0.1) is 11.8 Å². The monoisotopic (exact) mass is 390 g/mol. The van der Waals surface area contributed by atoms with Gasteiger partial charge in [0.2, 0.25) is 0 Å². The quantitative estimate of drug-likeness (QED) is 0.760. The summed E-state index contributed by atoms with van der Waals surface area (Å²) in [5, 5.41) is 3.30. The molecule has 3 fully saturated rings. The molecule has 1 saturated carbocycles. The summed E-state index contributed by atoms with van der Waals surface area (Å²) in [5.74, 6) is -0.326. The highest BCUT2D eigenvalue weighted by Gasteiger charge is 2.41. The van der Waals surface area contributed by atoms with Crippen molar-refractivity contribution in [1.82, 2.24) is 4.90 Å². The van der Waals surface area contributed by atoms with Crippen molar-refractivity contribution in [3.05, 3.63) is 23.2 Å². The first-order chi connectivity index (χ1) is 13.0. The average molecular weight is 391 g/mol. The van der Waals surface area contributed by atoms with Gasteiger partial charge in [0.15, 0.2) is 0 Å². The zero-order chi connectivity index (χ0) is 19.0. The van der Waals surface area contributed by atoms with E-state index >= 15 is 0 Å². The van der Waals surface area contributed by atoms with Gasteiger partial charge in [0.1, 0.15) is 0 Å². The van der Waals surface area contributed by atoms with Gasteiger partial charge in [-0.15, -0.1) is 0 Å². The van der Waals surface area contributed by atoms with E-state index in [4.69, 9.17) is 17.3 Å². The van der Waals surface area contributed by atoms with Gasteiger partial charge in [0.25, 0.3) is 0 Å². The molecule has 2 heterocycles. The largest absolute Gasteiger partial charge is 0.370 e. The second-order valence-electron chi connectivity index (χ2n) is 8.04. The lowest BCUT2D eigenvalue weighted by molar-refractivity contribution is -0.142. The molecule has 0 radical (unpaired) electrons. The standard InChI is InChI=1S/C20H27ClN4O2/c21-16-10-14(6-7-18(16)24-8-1-2-9-24)23-19(26)20(27)25-11-13-4-3-5-17(22)15(13)12-25/h6-7,10,13,15,17H,1-5,8-9,11-12,22H2,(H,23,26). The van der Waals surface area contributed by atoms with Crippen molar-refractivity contribution in [2.24, 2.45) is 17.6 Å². The summed E-state index contributed by atoms with van der Waals surface area (Å²) in [6.45, 7) is 3.23. The van der Waals surface area contributed by atoms with Crippen molar-refractivity contribution < 1.29 is 9.59 Å². The number of nitrogens with one attached hydrogen (secondary N) is 1. The molecule has 2 amide bonds. The Morgan fingerprint density at radius 1 is 1.11 bits per heavy atom. The molecule has 0 spiro atoms. The van der Waals surface area contributed by atoms with Crippen LogP contribution in [0.4, 0.5) is 11.4 Å². The molecule has 1 aromatic carbocycles. The third-order valence-corrected chi connectivity index (χ3v) is 6.59. The van der Waals surface area contributed by atoms with Gasteiger partial charge in [0, 0.05) is 37.9 Å². The number of amides is 2. The molecule has 27 heavy (non-hydrogen) atoms. The number of rotatable bonds is 2. The van der Waals surface area contributed by atoms with Crippen LogP contribution in [0.25, 0.3) is 0 Å². The molecule has 7 heteroatoms. The number of halogens is 1. The third-order valence-electron chi connectivity index (χ3n) is 6.29. The fourth-order valence-corrected chi connectivity index (χ4v) is 5.11. The smallest absolute Gasteiger partial charge is 0.313 e. The molecule has 1 aromatic rings. The predicted molar refractivity (Wildman–Crippen MR) is 107 cm³/mol. The summed E-state index contributed by atoms with van der Waals surface area (Å²) in [7, 11) is 0. The van der Waals surface area contributed by atoms with E-state index < -0.39 is 11.8 Å². The highest BCUT2D eigenvalue weighted by Crippen LogP contribution is 2.36. The third kappa shape index (κ3) is 3.78. The van der Waals surface area contributed by atoms with Gasteiger partial charge in [0.05, 0.1) is 10.7 Å². The molecule has 3 N–H and O–H groups in total. The minimum atomic E-state index is -0.604. The van der Waals surface area contributed by atoms with E-state index in [9.17, 15) is 9.59 Å². The number of hydrogen-bond acceptors (Lipinski definition) is 4. The zero-order valence-electron chi connectivity index (χ0n) is 15.5. The Hall–Kier alpha value is -1.79. The van der Waals surface area contributed by atoms with Crippen molar-refractivity contribution in [2.45, 2.75) is 38.1 Å². The van der Waals surface area contributed by atoms with Crippen LogP contribution in [-0.2, 0) is 9.59 Å². The van der Waals surface area contributed by atoms with Crippen molar-refractivity contribution in [3.63, 3.8) is 0 Å². The van der Waals surface area contributed by atoms with E-state index in [1.807, 2.05) is 12.1 Å². The number of fused-ring (bicyclic) bond motifs is 1. The van der Waals surface area contributed by atoms with Gasteiger partial charge in [-0.2, -0.15) is 0 Å². The zero-order valence-corrected chi connectivity index (χ0v) is 16.3. The number of carbonyl (C=O) groups is 2. The minimum absolute atomic E-state index is 0.140. The number of hydrogen-bond donors (Lipinski definition) is 2. The summed E-state index contributed by atoms with van der Waals surface area (Å²) < 4.78 is 0. The maximum atomic E-state index is 12.6. The number of carbonyl (C=O) groups excluding carboxylic acids is 2. The SMILES string of the molecule is NC1CCCC2CN(C(=O)C(=O)Nc3ccc(N4CCCC4)c(Cl)c3)CC12. The molecular weight excluding hydrogens is 364 g/mol. The van der Waals surface area contributed by atoms with Crippen LogP contribution < -0.4 is 16.0 Å². The number of likely N-dealkylation sites (tertiary alicyclic amines) is 1. The first kappa shape index (κ1) is 18.6. The van der Waals surface area contributed by atoms with Gasteiger partial charge in [-0.1, -0.05) is 18.0 Å². The lowest BCUT2D eigenvalue weighted by Crippen LogP contribution is -2.40. The highest BCUT2D eigenvalue weighted by molar-refractivity contribution is 6.40. The molecule has 3 unspecified atom stereocenters. The van der Waals surface area contributed by atoms with Crippen molar-refractivity contribution in [3.8, 4) is 0 Å². The van der Waals surface area contributed by atoms with E-state index in [1.165, 1.54) is 12.8 Å². The molecule has 3 atom stereocenters. The minimum Gasteiger partial charge on any atom is -0.370 e. The van der Waals surface area contributed by atoms with Gasteiger partial charge < -0.3 is 20.9 Å². The Kier molecular flexibility index (Phi) is 5.28. The van der Waals surface area contributed by atoms with E-state index in [-0.39, 0.29) is 6.04 Å². The first-order valence-electron chi connectivity index (χ1n) is 9.93. The van der Waals surface area contributed by atoms with Gasteiger partial charge in [-0.05, 0) is 55.7 Å². The maximum Gasteiger partial charge on any atom is 0.313 e. The summed E-state index contributed by atoms with van der Waals surface area (Å²) in [4.78, 5) is 29.0. The van der Waals surface area contributed by atoms with Crippen LogP contribution in [0.5, 0.6) is 0 Å². The predicted octanol–water partition coefficient (Wildman–Crippen LogP) is 2.46. The summed E-state index contributed by atoms with van der Waals surface area (Å²) in [6.07, 6.45) is 5.56. The van der Waals surface area contributed by atoms with Crippen LogP contribution in [-0.4, -0.2) is 48.9 Å². The Morgan fingerprint density at radius 2 is 1.89 bits per heavy atom. The number of benzene rings is 1. The molecule has 2 aliphatic heterocycles. The second-order valence-corrected chi connectivity index (χ2v) is 8.45. The summed E-state index contributed by atoms with van der Waals surface area (Å²) >= 11 is 6.40. The normalized spacial score (nSPS) is 27.6. The first-order valence-corrected chi connectivity index (χ1v) is 10.3. The average Bonchev–Trinajstić information content (AvgIpc) is 3.31. The molecule has 3 aliphatic rings. The number of nitrogens with two attached hydrogens (primary N) is 1. The fraction of sp³-hybridized carbons (Fsp3) is 0.600. The van der Waals surface area contributed by atoms with E-state index in [0.29, 0.717) is 35.6 Å². The van der Waals surface area contributed by atoms with Crippen LogP contribution >= 0.6 is 11.6 Å². The number of anilines is 2. The highest BCUT2D eigenvalue weighted by atomic mass is 35.5. The topological polar surface area (TPSA) is 78.7 Å². The number of nitrogens with zero attached hydrogens (tertiary/aromatic N) is 2. The molecule has 1 aliphatic carbocycles. The van der Waals surface area contributed by atoms with Crippen LogP contribution in [0.2, 0.25) is 5.02 Å². The molecular formula is C20H27ClN4O2. The van der Waals surface area contributed by atoms with Gasteiger partial charge in [-0.3, -0.25) is 9.59 Å². The molecule has 4 rings (SSSR count). The summed E-state index contributed by atoms with van der Waals surface area (Å²) in [6, 6.07) is 5.59. The molecule has 146 valence electrons. The van der Waals surface area contributed by atoms with E-state index in [2.05, 4.69) is 10.2 Å². The Bertz CT molecular complexity index is 735. The van der Waals surface area contributed by atoms with Crippen LogP contribution in [0.1, 0.15) is 32.1 Å².